The Labute approximate surface area is 135 Å². The lowest BCUT2D eigenvalue weighted by Crippen LogP contribution is -2.34. The summed E-state index contributed by atoms with van der Waals surface area (Å²) >= 11 is 5.10. The molecule has 0 bridgehead atoms. The smallest absolute Gasteiger partial charge is 0.222 e. The van der Waals surface area contributed by atoms with E-state index in [9.17, 15) is 4.79 Å². The number of rotatable bonds is 5. The lowest BCUT2D eigenvalue weighted by atomic mass is 9.77. The van der Waals surface area contributed by atoms with Crippen molar-refractivity contribution in [2.45, 2.75) is 66.7 Å². The largest absolute Gasteiger partial charge is 0.393 e. The van der Waals surface area contributed by atoms with E-state index < -0.39 is 0 Å². The Hall–Kier alpha value is -0.640. The van der Waals surface area contributed by atoms with Gasteiger partial charge in [-0.3, -0.25) is 4.79 Å². The van der Waals surface area contributed by atoms with E-state index in [1.54, 1.807) is 0 Å². The second-order valence-electron chi connectivity index (χ2n) is 8.12. The number of hydrogen-bond donors (Lipinski definition) is 1. The average molecular weight is 313 g/mol. The summed E-state index contributed by atoms with van der Waals surface area (Å²) in [5.74, 6) is 0.953. The van der Waals surface area contributed by atoms with Gasteiger partial charge in [0.05, 0.1) is 4.99 Å². The van der Waals surface area contributed by atoms with Crippen LogP contribution in [-0.4, -0.2) is 28.9 Å². The summed E-state index contributed by atoms with van der Waals surface area (Å²) in [5, 5.41) is 0. The fourth-order valence-electron chi connectivity index (χ4n) is 2.97. The van der Waals surface area contributed by atoms with Crippen LogP contribution in [0.2, 0.25) is 0 Å². The molecule has 1 rings (SSSR count). The third kappa shape index (κ3) is 5.57. The van der Waals surface area contributed by atoms with Crippen LogP contribution in [0.25, 0.3) is 0 Å². The highest BCUT2D eigenvalue weighted by Crippen LogP contribution is 2.34. The van der Waals surface area contributed by atoms with Crippen LogP contribution in [-0.2, 0) is 4.79 Å². The molecule has 0 aromatic rings. The Morgan fingerprint density at radius 2 is 1.90 bits per heavy atom. The summed E-state index contributed by atoms with van der Waals surface area (Å²) < 4.78 is 0. The molecule has 3 nitrogen and oxygen atoms in total. The maximum Gasteiger partial charge on any atom is 0.222 e. The van der Waals surface area contributed by atoms with Gasteiger partial charge in [-0.05, 0) is 37.0 Å². The van der Waals surface area contributed by atoms with E-state index in [0.29, 0.717) is 28.6 Å². The lowest BCUT2D eigenvalue weighted by Gasteiger charge is -2.30. The van der Waals surface area contributed by atoms with E-state index in [1.807, 2.05) is 4.90 Å². The summed E-state index contributed by atoms with van der Waals surface area (Å²) in [6.07, 6.45) is 4.75. The standard InChI is InChI=1S/C17H32N2OS/c1-16(2,3)13-7-8-14(20)19(12-9-13)11-6-10-17(4,5)15(18)21/h13H,6-12H2,1-5H3,(H2,18,21). The van der Waals surface area contributed by atoms with Crippen molar-refractivity contribution < 1.29 is 4.79 Å². The van der Waals surface area contributed by atoms with Crippen LogP contribution in [0.4, 0.5) is 0 Å². The van der Waals surface area contributed by atoms with Gasteiger partial charge in [-0.1, -0.05) is 46.8 Å². The molecule has 1 saturated heterocycles. The molecule has 4 heteroatoms. The molecule has 0 aromatic carbocycles. The topological polar surface area (TPSA) is 46.3 Å². The number of carbonyl (C=O) groups excluding carboxylic acids is 1. The van der Waals surface area contributed by atoms with Crippen LogP contribution in [0.15, 0.2) is 0 Å². The predicted molar refractivity (Wildman–Crippen MR) is 93.2 cm³/mol. The molecule has 1 unspecified atom stereocenters. The first-order valence-electron chi connectivity index (χ1n) is 8.12. The number of likely N-dealkylation sites (tertiary alicyclic amines) is 1. The number of carbonyl (C=O) groups is 1. The molecule has 1 aliphatic heterocycles. The summed E-state index contributed by atoms with van der Waals surface area (Å²) in [6.45, 7) is 12.7. The Morgan fingerprint density at radius 1 is 1.29 bits per heavy atom. The van der Waals surface area contributed by atoms with Crippen LogP contribution in [0, 0.1) is 16.7 Å². The molecule has 0 aliphatic carbocycles. The SMILES string of the molecule is CC(C)(CCCN1CCC(C(C)(C)C)CCC1=O)C(N)=S. The van der Waals surface area contributed by atoms with Crippen LogP contribution in [0.1, 0.15) is 66.7 Å². The zero-order valence-corrected chi connectivity index (χ0v) is 15.2. The first-order valence-corrected chi connectivity index (χ1v) is 8.52. The van der Waals surface area contributed by atoms with Crippen molar-refractivity contribution in [2.75, 3.05) is 13.1 Å². The van der Waals surface area contributed by atoms with Gasteiger partial charge in [0.15, 0.2) is 0 Å². The van der Waals surface area contributed by atoms with Crippen molar-refractivity contribution in [3.63, 3.8) is 0 Å². The average Bonchev–Trinajstić information content (AvgIpc) is 2.51. The van der Waals surface area contributed by atoms with Gasteiger partial charge in [0.2, 0.25) is 5.91 Å². The second kappa shape index (κ2) is 7.08. The Bertz CT molecular complexity index is 385. The van der Waals surface area contributed by atoms with E-state index in [1.165, 1.54) is 0 Å². The summed E-state index contributed by atoms with van der Waals surface area (Å²) in [5.41, 5.74) is 5.94. The highest BCUT2D eigenvalue weighted by atomic mass is 32.1. The molecule has 2 N–H and O–H groups in total. The molecule has 0 spiro atoms. The van der Waals surface area contributed by atoms with Gasteiger partial charge in [0, 0.05) is 24.9 Å². The first kappa shape index (κ1) is 18.4. The molecular formula is C17H32N2OS. The number of thiocarbonyl (C=S) groups is 1. The zero-order valence-electron chi connectivity index (χ0n) is 14.4. The predicted octanol–water partition coefficient (Wildman–Crippen LogP) is 3.75. The zero-order chi connectivity index (χ0) is 16.3. The minimum absolute atomic E-state index is 0.113. The monoisotopic (exact) mass is 312 g/mol. The van der Waals surface area contributed by atoms with Crippen LogP contribution in [0.5, 0.6) is 0 Å². The summed E-state index contributed by atoms with van der Waals surface area (Å²) in [7, 11) is 0. The van der Waals surface area contributed by atoms with Crippen LogP contribution >= 0.6 is 12.2 Å². The van der Waals surface area contributed by atoms with Gasteiger partial charge in [-0.15, -0.1) is 0 Å². The highest BCUT2D eigenvalue weighted by molar-refractivity contribution is 7.80. The molecule has 0 aromatic heterocycles. The summed E-state index contributed by atoms with van der Waals surface area (Å²) in [4.78, 5) is 14.9. The van der Waals surface area contributed by atoms with Crippen molar-refractivity contribution in [3.05, 3.63) is 0 Å². The van der Waals surface area contributed by atoms with Crippen molar-refractivity contribution in [1.82, 2.24) is 4.90 Å². The van der Waals surface area contributed by atoms with Crippen molar-refractivity contribution >= 4 is 23.1 Å². The minimum Gasteiger partial charge on any atom is -0.393 e. The lowest BCUT2D eigenvalue weighted by molar-refractivity contribution is -0.130. The van der Waals surface area contributed by atoms with E-state index in [0.717, 1.165) is 38.8 Å². The van der Waals surface area contributed by atoms with Gasteiger partial charge < -0.3 is 10.6 Å². The molecule has 1 atom stereocenters. The van der Waals surface area contributed by atoms with Crippen molar-refractivity contribution in [2.24, 2.45) is 22.5 Å². The van der Waals surface area contributed by atoms with Gasteiger partial charge >= 0.3 is 0 Å². The van der Waals surface area contributed by atoms with Gasteiger partial charge in [0.1, 0.15) is 0 Å². The second-order valence-corrected chi connectivity index (χ2v) is 8.56. The van der Waals surface area contributed by atoms with E-state index in [2.05, 4.69) is 34.6 Å². The summed E-state index contributed by atoms with van der Waals surface area (Å²) in [6, 6.07) is 0. The molecule has 1 aliphatic rings. The quantitative estimate of drug-likeness (QED) is 0.786. The normalized spacial score (nSPS) is 21.3. The van der Waals surface area contributed by atoms with Gasteiger partial charge in [-0.2, -0.15) is 0 Å². The molecular weight excluding hydrogens is 280 g/mol. The third-order valence-electron chi connectivity index (χ3n) is 4.93. The maximum absolute atomic E-state index is 12.3. The first-order chi connectivity index (χ1) is 9.54. The van der Waals surface area contributed by atoms with Crippen LogP contribution in [0.3, 0.4) is 0 Å². The molecule has 122 valence electrons. The number of nitrogens with zero attached hydrogens (tertiary/aromatic N) is 1. The Morgan fingerprint density at radius 3 is 2.43 bits per heavy atom. The van der Waals surface area contributed by atoms with Crippen molar-refractivity contribution in [3.8, 4) is 0 Å². The number of nitrogens with two attached hydrogens (primary N) is 1. The fourth-order valence-corrected chi connectivity index (χ4v) is 3.08. The molecule has 0 saturated carbocycles. The van der Waals surface area contributed by atoms with E-state index in [-0.39, 0.29) is 5.41 Å². The molecule has 1 amide bonds. The molecule has 1 fully saturated rings. The highest BCUT2D eigenvalue weighted by Gasteiger charge is 2.30. The third-order valence-corrected chi connectivity index (χ3v) is 5.48. The molecule has 21 heavy (non-hydrogen) atoms. The van der Waals surface area contributed by atoms with Crippen molar-refractivity contribution in [1.29, 1.82) is 0 Å². The van der Waals surface area contributed by atoms with Crippen LogP contribution < -0.4 is 5.73 Å². The molecule has 1 heterocycles. The Kier molecular flexibility index (Phi) is 6.21. The van der Waals surface area contributed by atoms with E-state index >= 15 is 0 Å². The van der Waals surface area contributed by atoms with Gasteiger partial charge in [0.25, 0.3) is 0 Å². The fraction of sp³-hybridized carbons (Fsp3) is 0.882. The van der Waals surface area contributed by atoms with E-state index in [4.69, 9.17) is 18.0 Å². The number of amides is 1. The maximum atomic E-state index is 12.3. The molecule has 0 radical (unpaired) electrons. The number of hydrogen-bond acceptors (Lipinski definition) is 2. The minimum atomic E-state index is -0.113. The van der Waals surface area contributed by atoms with Gasteiger partial charge in [-0.25, -0.2) is 0 Å². The Balaban J connectivity index is 2.49.